The van der Waals surface area contributed by atoms with E-state index in [4.69, 9.17) is 16.3 Å². The highest BCUT2D eigenvalue weighted by molar-refractivity contribution is 7.89. The van der Waals surface area contributed by atoms with Crippen molar-refractivity contribution in [2.24, 2.45) is 0 Å². The zero-order valence-electron chi connectivity index (χ0n) is 17.1. The van der Waals surface area contributed by atoms with Gasteiger partial charge in [-0.3, -0.25) is 9.69 Å². The number of carbonyl (C=O) groups excluding carboxylic acids is 1. The second kappa shape index (κ2) is 9.89. The smallest absolute Gasteiger partial charge is 0.253 e. The van der Waals surface area contributed by atoms with Crippen LogP contribution in [0, 0.1) is 0 Å². The number of hydrogen-bond donors (Lipinski definition) is 1. The number of benzene rings is 2. The van der Waals surface area contributed by atoms with Crippen molar-refractivity contribution in [1.29, 1.82) is 0 Å². The molecule has 9 heteroatoms. The molecule has 162 valence electrons. The van der Waals surface area contributed by atoms with E-state index in [1.54, 1.807) is 0 Å². The van der Waals surface area contributed by atoms with Gasteiger partial charge in [0.05, 0.1) is 28.7 Å². The van der Waals surface area contributed by atoms with E-state index >= 15 is 0 Å². The summed E-state index contributed by atoms with van der Waals surface area (Å²) in [4.78, 5) is 15.1. The number of hydrogen-bond acceptors (Lipinski definition) is 5. The fraction of sp³-hybridized carbons (Fsp3) is 0.381. The number of sulfonamides is 1. The molecule has 1 heterocycles. The van der Waals surface area contributed by atoms with Gasteiger partial charge in [-0.15, -0.1) is 0 Å². The fourth-order valence-corrected chi connectivity index (χ4v) is 4.34. The molecule has 3 rings (SSSR count). The quantitative estimate of drug-likeness (QED) is 0.699. The zero-order chi connectivity index (χ0) is 21.7. The summed E-state index contributed by atoms with van der Waals surface area (Å²) >= 11 is 6.17. The SMILES string of the molecule is CN(C)S(=O)(=O)c1ccc(Cl)c(C(=O)NCc2ccccc2CN2CCOCC2)c1. The Hall–Kier alpha value is -1.97. The van der Waals surface area contributed by atoms with Crippen LogP contribution in [-0.4, -0.2) is 63.9 Å². The molecule has 1 amide bonds. The molecule has 1 N–H and O–H groups in total. The number of ether oxygens (including phenoxy) is 1. The highest BCUT2D eigenvalue weighted by Crippen LogP contribution is 2.22. The van der Waals surface area contributed by atoms with Gasteiger partial charge in [-0.2, -0.15) is 0 Å². The highest BCUT2D eigenvalue weighted by Gasteiger charge is 2.21. The van der Waals surface area contributed by atoms with Crippen LogP contribution < -0.4 is 5.32 Å². The first-order valence-electron chi connectivity index (χ1n) is 9.66. The molecule has 0 unspecified atom stereocenters. The first-order chi connectivity index (χ1) is 14.3. The molecule has 1 aliphatic rings. The summed E-state index contributed by atoms with van der Waals surface area (Å²) in [6.45, 7) is 4.31. The van der Waals surface area contributed by atoms with Gasteiger partial charge in [0, 0.05) is 40.3 Å². The Bertz CT molecular complexity index is 1010. The maximum atomic E-state index is 12.8. The number of rotatable bonds is 7. The predicted molar refractivity (Wildman–Crippen MR) is 116 cm³/mol. The number of carbonyl (C=O) groups is 1. The van der Waals surface area contributed by atoms with E-state index in [1.165, 1.54) is 32.3 Å². The van der Waals surface area contributed by atoms with Crippen LogP contribution in [0.5, 0.6) is 0 Å². The van der Waals surface area contributed by atoms with Gasteiger partial charge in [-0.1, -0.05) is 35.9 Å². The van der Waals surface area contributed by atoms with E-state index in [0.29, 0.717) is 6.54 Å². The van der Waals surface area contributed by atoms with Crippen LogP contribution >= 0.6 is 11.6 Å². The zero-order valence-corrected chi connectivity index (χ0v) is 18.7. The van der Waals surface area contributed by atoms with Crippen LogP contribution in [0.25, 0.3) is 0 Å². The van der Waals surface area contributed by atoms with Crippen molar-refractivity contribution in [1.82, 2.24) is 14.5 Å². The Labute approximate surface area is 182 Å². The Kier molecular flexibility index (Phi) is 7.49. The van der Waals surface area contributed by atoms with Gasteiger partial charge in [0.25, 0.3) is 5.91 Å². The van der Waals surface area contributed by atoms with Crippen molar-refractivity contribution in [3.63, 3.8) is 0 Å². The van der Waals surface area contributed by atoms with Gasteiger partial charge < -0.3 is 10.1 Å². The van der Waals surface area contributed by atoms with E-state index in [2.05, 4.69) is 10.2 Å². The average Bonchev–Trinajstić information content (AvgIpc) is 2.73. The first kappa shape index (κ1) is 22.7. The minimum atomic E-state index is -3.66. The van der Waals surface area contributed by atoms with Crippen molar-refractivity contribution in [2.45, 2.75) is 18.0 Å². The molecule has 0 radical (unpaired) electrons. The summed E-state index contributed by atoms with van der Waals surface area (Å²) in [6, 6.07) is 12.1. The van der Waals surface area contributed by atoms with E-state index in [9.17, 15) is 13.2 Å². The summed E-state index contributed by atoms with van der Waals surface area (Å²) in [5, 5.41) is 3.07. The third kappa shape index (κ3) is 5.39. The second-order valence-electron chi connectivity index (χ2n) is 7.27. The van der Waals surface area contributed by atoms with E-state index < -0.39 is 15.9 Å². The monoisotopic (exact) mass is 451 g/mol. The van der Waals surface area contributed by atoms with Crippen molar-refractivity contribution < 1.29 is 17.9 Å². The van der Waals surface area contributed by atoms with Gasteiger partial charge >= 0.3 is 0 Å². The molecule has 2 aromatic carbocycles. The van der Waals surface area contributed by atoms with Crippen molar-refractivity contribution in [2.75, 3.05) is 40.4 Å². The second-order valence-corrected chi connectivity index (χ2v) is 9.83. The number of halogens is 1. The lowest BCUT2D eigenvalue weighted by molar-refractivity contribution is 0.0340. The predicted octanol–water partition coefficient (Wildman–Crippen LogP) is 2.35. The minimum Gasteiger partial charge on any atom is -0.379 e. The molecule has 0 saturated carbocycles. The first-order valence-corrected chi connectivity index (χ1v) is 11.5. The van der Waals surface area contributed by atoms with Crippen LogP contribution in [0.4, 0.5) is 0 Å². The van der Waals surface area contributed by atoms with Crippen LogP contribution in [0.1, 0.15) is 21.5 Å². The lowest BCUT2D eigenvalue weighted by Crippen LogP contribution is -2.36. The summed E-state index contributed by atoms with van der Waals surface area (Å²) in [5.74, 6) is -0.419. The maximum absolute atomic E-state index is 12.8. The van der Waals surface area contributed by atoms with E-state index in [1.807, 2.05) is 24.3 Å². The molecule has 0 aromatic heterocycles. The lowest BCUT2D eigenvalue weighted by Gasteiger charge is -2.27. The molecular formula is C21H26ClN3O4S. The Morgan fingerprint density at radius 1 is 1.13 bits per heavy atom. The Morgan fingerprint density at radius 3 is 2.47 bits per heavy atom. The third-order valence-corrected chi connectivity index (χ3v) is 7.16. The van der Waals surface area contributed by atoms with Crippen molar-refractivity contribution in [3.8, 4) is 0 Å². The molecule has 0 spiro atoms. The molecule has 0 aliphatic carbocycles. The van der Waals surface area contributed by atoms with Gasteiger partial charge in [-0.05, 0) is 29.3 Å². The van der Waals surface area contributed by atoms with Gasteiger partial charge in [0.1, 0.15) is 0 Å². The molecule has 1 saturated heterocycles. The number of amides is 1. The third-order valence-electron chi connectivity index (χ3n) is 5.02. The lowest BCUT2D eigenvalue weighted by atomic mass is 10.1. The normalized spacial score (nSPS) is 15.3. The van der Waals surface area contributed by atoms with Gasteiger partial charge in [0.2, 0.25) is 10.0 Å². The topological polar surface area (TPSA) is 79.0 Å². The number of nitrogens with zero attached hydrogens (tertiary/aromatic N) is 2. The minimum absolute atomic E-state index is 0.0229. The standard InChI is InChI=1S/C21H26ClN3O4S/c1-24(2)30(27,28)18-7-8-20(22)19(13-18)21(26)23-14-16-5-3-4-6-17(16)15-25-9-11-29-12-10-25/h3-8,13H,9-12,14-15H2,1-2H3,(H,23,26). The fourth-order valence-electron chi connectivity index (χ4n) is 3.20. The van der Waals surface area contributed by atoms with Crippen LogP contribution in [0.2, 0.25) is 5.02 Å². The molecule has 30 heavy (non-hydrogen) atoms. The van der Waals surface area contributed by atoms with Gasteiger partial charge in [0.15, 0.2) is 0 Å². The summed E-state index contributed by atoms with van der Waals surface area (Å²) in [7, 11) is -0.782. The Balaban J connectivity index is 1.73. The molecule has 7 nitrogen and oxygen atoms in total. The van der Waals surface area contributed by atoms with Crippen LogP contribution in [0.15, 0.2) is 47.4 Å². The summed E-state index contributed by atoms with van der Waals surface area (Å²) in [5.41, 5.74) is 2.27. The molecule has 1 fully saturated rings. The highest BCUT2D eigenvalue weighted by atomic mass is 35.5. The molecule has 0 atom stereocenters. The molecule has 0 bridgehead atoms. The van der Waals surface area contributed by atoms with Crippen molar-refractivity contribution >= 4 is 27.5 Å². The Morgan fingerprint density at radius 2 is 1.80 bits per heavy atom. The molecular weight excluding hydrogens is 426 g/mol. The van der Waals surface area contributed by atoms with Crippen molar-refractivity contribution in [3.05, 3.63) is 64.2 Å². The largest absolute Gasteiger partial charge is 0.379 e. The molecule has 2 aromatic rings. The average molecular weight is 452 g/mol. The molecule has 1 aliphatic heterocycles. The van der Waals surface area contributed by atoms with E-state index in [0.717, 1.165) is 48.3 Å². The summed E-state index contributed by atoms with van der Waals surface area (Å²) in [6.07, 6.45) is 0. The van der Waals surface area contributed by atoms with E-state index in [-0.39, 0.29) is 15.5 Å². The maximum Gasteiger partial charge on any atom is 0.253 e. The van der Waals surface area contributed by atoms with Gasteiger partial charge in [-0.25, -0.2) is 12.7 Å². The number of nitrogens with one attached hydrogen (secondary N) is 1. The number of morpholine rings is 1. The van der Waals surface area contributed by atoms with Crippen LogP contribution in [-0.2, 0) is 27.8 Å². The van der Waals surface area contributed by atoms with Crippen LogP contribution in [0.3, 0.4) is 0 Å². The summed E-state index contributed by atoms with van der Waals surface area (Å²) < 4.78 is 31.2.